The minimum atomic E-state index is -0.579. The summed E-state index contributed by atoms with van der Waals surface area (Å²) in [5.74, 6) is 1.96. The zero-order valence-corrected chi connectivity index (χ0v) is 55.4. The van der Waals surface area contributed by atoms with E-state index in [1.165, 1.54) is 0 Å². The maximum absolute atomic E-state index is 16.7. The highest BCUT2D eigenvalue weighted by Crippen LogP contribution is 2.43. The summed E-state index contributed by atoms with van der Waals surface area (Å²) < 4.78 is 7.60. The number of carbonyl (C=O) groups is 1. The molecule has 0 atom stereocenters. The molecule has 6 aromatic heterocycles. The summed E-state index contributed by atoms with van der Waals surface area (Å²) in [6.45, 7) is 7.61. The van der Waals surface area contributed by atoms with Crippen LogP contribution >= 0.6 is 46.4 Å². The van der Waals surface area contributed by atoms with Crippen LogP contribution in [0.15, 0.2) is 97.3 Å². The first-order chi connectivity index (χ1) is 42.9. The van der Waals surface area contributed by atoms with Crippen LogP contribution in [0.4, 0.5) is 0 Å². The monoisotopic (exact) mass is 1290 g/mol. The molecule has 0 fully saturated rings. The summed E-state index contributed by atoms with van der Waals surface area (Å²) in [6, 6.07) is 25.5. The molecule has 10 rings (SSSR count). The largest absolute Gasteiger partial charge is 0.390 e. The lowest BCUT2D eigenvalue weighted by Gasteiger charge is -2.22. The molecule has 0 aliphatic carbocycles. The Kier molecular flexibility index (Phi) is 19.8. The van der Waals surface area contributed by atoms with Gasteiger partial charge in [0, 0.05) is 77.0 Å². The van der Waals surface area contributed by atoms with Gasteiger partial charge in [-0.3, -0.25) is 33.0 Å². The van der Waals surface area contributed by atoms with E-state index in [9.17, 15) is 20.4 Å². The molecule has 0 spiro atoms. The summed E-state index contributed by atoms with van der Waals surface area (Å²) in [5, 5.41) is 45.9. The van der Waals surface area contributed by atoms with Crippen LogP contribution in [0.3, 0.4) is 0 Å². The maximum atomic E-state index is 16.7. The van der Waals surface area contributed by atoms with E-state index in [-0.39, 0.29) is 37.8 Å². The van der Waals surface area contributed by atoms with Crippen LogP contribution in [0.1, 0.15) is 85.0 Å². The number of aromatic nitrogens is 10. The van der Waals surface area contributed by atoms with Gasteiger partial charge in [0.2, 0.25) is 5.78 Å². The molecule has 4 N–H and O–H groups in total. The SMILES string of the molecule is Cc1nc(CN(C)C)n(-c2cc(Cl)ccc2-c2cnc(C(=O)c3ncc(-c4ccc(Cl)cc4-n4c(CN(C)C)nc(C)c4CO)cc3-c3ccc(Cl)cc3-n3c(CN(C)C)nc(C)c3CO)c(-c3ccc(Cl)cc3-n3c(CN(C)C)nc(C)c3CO)c2)c1CO. The molecular weight excluding hydrogens is 1220 g/mol. The number of carbonyl (C=O) groups excluding carboxylic acids is 1. The Morgan fingerprint density at radius 1 is 0.378 bits per heavy atom. The van der Waals surface area contributed by atoms with E-state index in [0.29, 0.717) is 182 Å². The van der Waals surface area contributed by atoms with Gasteiger partial charge in [-0.05, 0) is 145 Å². The molecule has 0 bridgehead atoms. The van der Waals surface area contributed by atoms with Crippen molar-refractivity contribution < 1.29 is 25.2 Å². The van der Waals surface area contributed by atoms with Gasteiger partial charge in [-0.15, -0.1) is 0 Å². The topological polar surface area (TPSA) is 208 Å². The Morgan fingerprint density at radius 3 is 0.867 bits per heavy atom. The Labute approximate surface area is 543 Å². The lowest BCUT2D eigenvalue weighted by Crippen LogP contribution is -2.17. The van der Waals surface area contributed by atoms with Crippen LogP contribution in [-0.4, -0.2) is 150 Å². The van der Waals surface area contributed by atoms with Crippen molar-refractivity contribution in [1.29, 1.82) is 0 Å². The second-order valence-electron chi connectivity index (χ2n) is 23.4. The van der Waals surface area contributed by atoms with E-state index in [2.05, 4.69) is 0 Å². The third-order valence-electron chi connectivity index (χ3n) is 15.6. The predicted octanol–water partition coefficient (Wildman–Crippen LogP) is 11.2. The number of benzene rings is 4. The Balaban J connectivity index is 1.31. The van der Waals surface area contributed by atoms with Crippen molar-refractivity contribution >= 4 is 52.2 Å². The fourth-order valence-corrected chi connectivity index (χ4v) is 12.4. The van der Waals surface area contributed by atoms with E-state index in [0.717, 1.165) is 0 Å². The quantitative estimate of drug-likeness (QED) is 0.0466. The summed E-state index contributed by atoms with van der Waals surface area (Å²) in [4.78, 5) is 54.9. The lowest BCUT2D eigenvalue weighted by molar-refractivity contribution is 0.103. The zero-order chi connectivity index (χ0) is 64.7. The number of aryl methyl sites for hydroxylation is 4. The Hall–Kier alpha value is -7.47. The Bertz CT molecular complexity index is 4100. The van der Waals surface area contributed by atoms with Crippen molar-refractivity contribution in [3.8, 4) is 67.3 Å². The number of hydrogen-bond acceptors (Lipinski definition) is 15. The van der Waals surface area contributed by atoms with Gasteiger partial charge in [-0.2, -0.15) is 0 Å². The lowest BCUT2D eigenvalue weighted by atomic mass is 9.91. The number of ketones is 1. The molecule has 19 nitrogen and oxygen atoms in total. The third-order valence-corrected chi connectivity index (χ3v) is 16.6. The van der Waals surface area contributed by atoms with Crippen LogP contribution in [0.5, 0.6) is 0 Å². The number of nitrogens with zero attached hydrogens (tertiary/aromatic N) is 14. The molecule has 0 aliphatic heterocycles. The summed E-state index contributed by atoms with van der Waals surface area (Å²) in [5.41, 5.74) is 11.1. The number of pyridine rings is 2. The van der Waals surface area contributed by atoms with Gasteiger partial charge in [-0.25, -0.2) is 19.9 Å². The fourth-order valence-electron chi connectivity index (χ4n) is 11.7. The second kappa shape index (κ2) is 27.2. The molecule has 468 valence electrons. The van der Waals surface area contributed by atoms with E-state index in [4.69, 9.17) is 76.3 Å². The number of aliphatic hydroxyl groups excluding tert-OH is 4. The number of halogens is 4. The maximum Gasteiger partial charge on any atom is 0.230 e. The third kappa shape index (κ3) is 12.9. The molecule has 10 aromatic rings. The summed E-state index contributed by atoms with van der Waals surface area (Å²) in [7, 11) is 15.5. The van der Waals surface area contributed by atoms with Gasteiger partial charge in [0.15, 0.2) is 0 Å². The minimum absolute atomic E-state index is 0.000907. The molecule has 0 radical (unpaired) electrons. The van der Waals surface area contributed by atoms with E-state index >= 15 is 4.79 Å². The zero-order valence-electron chi connectivity index (χ0n) is 52.4. The molecule has 0 amide bonds. The molecule has 6 heterocycles. The Morgan fingerprint density at radius 2 is 0.622 bits per heavy atom. The van der Waals surface area contributed by atoms with E-state index in [1.807, 2.05) is 170 Å². The minimum Gasteiger partial charge on any atom is -0.390 e. The van der Waals surface area contributed by atoms with Gasteiger partial charge in [0.25, 0.3) is 0 Å². The highest BCUT2D eigenvalue weighted by atomic mass is 35.5. The van der Waals surface area contributed by atoms with E-state index in [1.54, 1.807) is 48.8 Å². The first kappa shape index (κ1) is 65.5. The highest BCUT2D eigenvalue weighted by Gasteiger charge is 2.31. The average Bonchev–Trinajstić information content (AvgIpc) is 1.17. The van der Waals surface area contributed by atoms with Crippen molar-refractivity contribution in [2.75, 3.05) is 56.4 Å². The van der Waals surface area contributed by atoms with E-state index < -0.39 is 5.78 Å². The van der Waals surface area contributed by atoms with Crippen molar-refractivity contribution in [2.24, 2.45) is 0 Å². The molecule has 4 aromatic carbocycles. The van der Waals surface area contributed by atoms with Crippen LogP contribution < -0.4 is 0 Å². The molecule has 0 unspecified atom stereocenters. The molecular formula is C67H72Cl4N14O5. The second-order valence-corrected chi connectivity index (χ2v) is 25.1. The first-order valence-electron chi connectivity index (χ1n) is 29.0. The molecule has 90 heavy (non-hydrogen) atoms. The van der Waals surface area contributed by atoms with Crippen molar-refractivity contribution in [2.45, 2.75) is 80.3 Å². The van der Waals surface area contributed by atoms with Gasteiger partial charge in [0.1, 0.15) is 34.7 Å². The summed E-state index contributed by atoms with van der Waals surface area (Å²) >= 11 is 27.8. The van der Waals surface area contributed by atoms with Crippen LogP contribution in [-0.2, 0) is 52.6 Å². The fraction of sp³-hybridized carbons (Fsp3) is 0.299. The smallest absolute Gasteiger partial charge is 0.230 e. The standard InChI is InChI=1S/C67H72Cl4N14O5/c1-37-57(33-86)82(61(74-37)29-78(5)6)53-23-43(68)13-17-47(53)41-21-51(49-19-15-45(70)25-55(49)84-59(35-88)39(3)76-63(84)31-80(9)10)65(72-27-41)67(90)66-52(50-20-16-46(71)26-56(50)85-60(36-89)40(4)77-64(85)32-81(11)12)22-42(28-73-66)48-18-14-44(69)24-54(48)83-58(34-87)38(2)75-62(83)30-79(7)8/h13-28,86-89H,29-36H2,1-12H3. The van der Waals surface area contributed by atoms with Gasteiger partial charge in [-0.1, -0.05) is 70.7 Å². The van der Waals surface area contributed by atoms with Crippen molar-refractivity contribution in [3.05, 3.63) is 198 Å². The molecule has 23 heteroatoms. The highest BCUT2D eigenvalue weighted by molar-refractivity contribution is 6.32. The number of hydrogen-bond donors (Lipinski definition) is 4. The molecule has 0 saturated carbocycles. The van der Waals surface area contributed by atoms with Crippen molar-refractivity contribution in [1.82, 2.24) is 67.8 Å². The van der Waals surface area contributed by atoms with Crippen LogP contribution in [0, 0.1) is 27.7 Å². The molecule has 0 aliphatic rings. The predicted molar refractivity (Wildman–Crippen MR) is 354 cm³/mol. The first-order valence-corrected chi connectivity index (χ1v) is 30.5. The number of imidazole rings is 4. The number of aliphatic hydroxyl groups is 4. The normalized spacial score (nSPS) is 11.9. The average molecular weight is 1300 g/mol. The van der Waals surface area contributed by atoms with Crippen LogP contribution in [0.25, 0.3) is 67.3 Å². The number of rotatable bonds is 22. The summed E-state index contributed by atoms with van der Waals surface area (Å²) in [6.07, 6.45) is 3.28. The molecule has 0 saturated heterocycles. The van der Waals surface area contributed by atoms with Gasteiger partial charge in [0.05, 0.1) is 121 Å². The van der Waals surface area contributed by atoms with Gasteiger partial charge >= 0.3 is 0 Å². The van der Waals surface area contributed by atoms with Gasteiger partial charge < -0.3 is 40.0 Å². The van der Waals surface area contributed by atoms with Crippen molar-refractivity contribution in [3.63, 3.8) is 0 Å². The van der Waals surface area contributed by atoms with Crippen LogP contribution in [0.2, 0.25) is 20.1 Å².